The van der Waals surface area contributed by atoms with E-state index in [4.69, 9.17) is 0 Å². The maximum Gasteiger partial charge on any atom is 0.0880 e. The van der Waals surface area contributed by atoms with Crippen molar-refractivity contribution < 1.29 is 10.2 Å². The molecule has 2 N–H and O–H groups in total. The van der Waals surface area contributed by atoms with Crippen LogP contribution in [-0.2, 0) is 0 Å². The molecule has 70 valence electrons. The lowest BCUT2D eigenvalue weighted by Gasteiger charge is -2.32. The Balaban J connectivity index is 2.14. The first-order chi connectivity index (χ1) is 5.36. The summed E-state index contributed by atoms with van der Waals surface area (Å²) in [6, 6.07) is 0. The standard InChI is InChI=1S/C10H18O2/c1-9(2)6-4-8(11)10(3,12)5-7(6)9/h6-8,11-12H,4-5H2,1-3H3/t6?,7?,8-,10+/m1/s1. The SMILES string of the molecule is CC1(C)C2C[C@@H](O)[C@@](C)(O)CC21. The van der Waals surface area contributed by atoms with Crippen LogP contribution < -0.4 is 0 Å². The van der Waals surface area contributed by atoms with Crippen LogP contribution in [0.25, 0.3) is 0 Å². The zero-order chi connectivity index (χ0) is 9.15. The monoisotopic (exact) mass is 170 g/mol. The quantitative estimate of drug-likeness (QED) is 0.573. The summed E-state index contributed by atoms with van der Waals surface area (Å²) in [5.41, 5.74) is -0.476. The molecule has 0 bridgehead atoms. The van der Waals surface area contributed by atoms with Crippen molar-refractivity contribution in [3.63, 3.8) is 0 Å². The van der Waals surface area contributed by atoms with Crippen molar-refractivity contribution in [2.24, 2.45) is 17.3 Å². The Labute approximate surface area is 73.6 Å². The second-order valence-corrected chi connectivity index (χ2v) is 5.35. The summed E-state index contributed by atoms with van der Waals surface area (Å²) in [7, 11) is 0. The summed E-state index contributed by atoms with van der Waals surface area (Å²) in [5.74, 6) is 1.28. The van der Waals surface area contributed by atoms with E-state index >= 15 is 0 Å². The van der Waals surface area contributed by atoms with E-state index in [1.165, 1.54) is 0 Å². The molecule has 2 unspecified atom stereocenters. The Kier molecular flexibility index (Phi) is 1.45. The molecule has 2 aliphatic rings. The highest BCUT2D eigenvalue weighted by atomic mass is 16.3. The predicted octanol–water partition coefficient (Wildman–Crippen LogP) is 1.16. The molecule has 0 amide bonds. The highest BCUT2D eigenvalue weighted by molar-refractivity contribution is 5.12. The van der Waals surface area contributed by atoms with E-state index in [-0.39, 0.29) is 0 Å². The highest BCUT2D eigenvalue weighted by Crippen LogP contribution is 2.66. The first kappa shape index (κ1) is 8.52. The van der Waals surface area contributed by atoms with Crippen LogP contribution in [0.2, 0.25) is 0 Å². The number of hydrogen-bond donors (Lipinski definition) is 2. The first-order valence-corrected chi connectivity index (χ1v) is 4.76. The van der Waals surface area contributed by atoms with E-state index in [0.717, 1.165) is 12.8 Å². The molecule has 0 aromatic heterocycles. The Morgan fingerprint density at radius 3 is 2.25 bits per heavy atom. The van der Waals surface area contributed by atoms with Crippen molar-refractivity contribution in [2.45, 2.75) is 45.3 Å². The summed E-state index contributed by atoms with van der Waals surface area (Å²) >= 11 is 0. The molecule has 0 radical (unpaired) electrons. The smallest absolute Gasteiger partial charge is 0.0880 e. The van der Waals surface area contributed by atoms with Gasteiger partial charge in [-0.1, -0.05) is 13.8 Å². The van der Waals surface area contributed by atoms with Crippen molar-refractivity contribution >= 4 is 0 Å². The second kappa shape index (κ2) is 2.05. The summed E-state index contributed by atoms with van der Waals surface area (Å²) in [5, 5.41) is 19.4. The van der Waals surface area contributed by atoms with E-state index in [0.29, 0.717) is 17.3 Å². The third kappa shape index (κ3) is 0.944. The van der Waals surface area contributed by atoms with Gasteiger partial charge in [-0.25, -0.2) is 0 Å². The van der Waals surface area contributed by atoms with E-state index < -0.39 is 11.7 Å². The van der Waals surface area contributed by atoms with Crippen LogP contribution in [0.3, 0.4) is 0 Å². The molecule has 0 aromatic rings. The van der Waals surface area contributed by atoms with Gasteiger partial charge < -0.3 is 10.2 Å². The molecule has 0 aliphatic heterocycles. The maximum atomic E-state index is 9.82. The van der Waals surface area contributed by atoms with Gasteiger partial charge in [0.2, 0.25) is 0 Å². The van der Waals surface area contributed by atoms with E-state index in [1.54, 1.807) is 6.92 Å². The second-order valence-electron chi connectivity index (χ2n) is 5.35. The molecule has 2 aliphatic carbocycles. The third-order valence-corrected chi connectivity index (χ3v) is 4.12. The van der Waals surface area contributed by atoms with Gasteiger partial charge in [0.05, 0.1) is 11.7 Å². The van der Waals surface area contributed by atoms with Crippen molar-refractivity contribution in [1.82, 2.24) is 0 Å². The molecular formula is C10H18O2. The molecule has 0 heterocycles. The molecule has 2 saturated carbocycles. The minimum Gasteiger partial charge on any atom is -0.390 e. The molecule has 4 atom stereocenters. The lowest BCUT2D eigenvalue weighted by Crippen LogP contribution is -2.42. The Morgan fingerprint density at radius 2 is 1.75 bits per heavy atom. The van der Waals surface area contributed by atoms with Crippen LogP contribution in [0.15, 0.2) is 0 Å². The van der Waals surface area contributed by atoms with Gasteiger partial charge in [-0.3, -0.25) is 0 Å². The lowest BCUT2D eigenvalue weighted by atomic mass is 9.84. The van der Waals surface area contributed by atoms with E-state index in [1.807, 2.05) is 0 Å². The fourth-order valence-corrected chi connectivity index (χ4v) is 2.81. The average Bonchev–Trinajstić information content (AvgIpc) is 2.37. The summed E-state index contributed by atoms with van der Waals surface area (Å²) in [4.78, 5) is 0. The summed E-state index contributed by atoms with van der Waals surface area (Å²) in [6.45, 7) is 6.22. The number of aliphatic hydroxyl groups excluding tert-OH is 1. The van der Waals surface area contributed by atoms with Crippen LogP contribution >= 0.6 is 0 Å². The van der Waals surface area contributed by atoms with E-state index in [9.17, 15) is 10.2 Å². The van der Waals surface area contributed by atoms with Gasteiger partial charge in [0.25, 0.3) is 0 Å². The van der Waals surface area contributed by atoms with Gasteiger partial charge in [0.1, 0.15) is 0 Å². The average molecular weight is 170 g/mol. The van der Waals surface area contributed by atoms with Crippen LogP contribution in [-0.4, -0.2) is 21.9 Å². The fourth-order valence-electron chi connectivity index (χ4n) is 2.81. The largest absolute Gasteiger partial charge is 0.390 e. The number of hydrogen-bond acceptors (Lipinski definition) is 2. The number of rotatable bonds is 0. The van der Waals surface area contributed by atoms with Crippen molar-refractivity contribution in [3.8, 4) is 0 Å². The van der Waals surface area contributed by atoms with Gasteiger partial charge in [-0.05, 0) is 37.0 Å². The van der Waals surface area contributed by atoms with Crippen LogP contribution in [0, 0.1) is 17.3 Å². The predicted molar refractivity (Wildman–Crippen MR) is 46.6 cm³/mol. The molecule has 12 heavy (non-hydrogen) atoms. The molecule has 0 saturated heterocycles. The molecule has 0 spiro atoms. The summed E-state index contributed by atoms with van der Waals surface area (Å²) in [6.07, 6.45) is 1.04. The minimum atomic E-state index is -0.838. The Morgan fingerprint density at radius 1 is 1.17 bits per heavy atom. The van der Waals surface area contributed by atoms with Gasteiger partial charge >= 0.3 is 0 Å². The zero-order valence-corrected chi connectivity index (χ0v) is 8.04. The van der Waals surface area contributed by atoms with E-state index in [2.05, 4.69) is 13.8 Å². The molecular weight excluding hydrogens is 152 g/mol. The Hall–Kier alpha value is -0.0800. The highest BCUT2D eigenvalue weighted by Gasteiger charge is 2.63. The normalized spacial score (nSPS) is 56.2. The van der Waals surface area contributed by atoms with Crippen LogP contribution in [0.1, 0.15) is 33.6 Å². The maximum absolute atomic E-state index is 9.82. The fraction of sp³-hybridized carbons (Fsp3) is 1.00. The van der Waals surface area contributed by atoms with Gasteiger partial charge in [0, 0.05) is 0 Å². The topological polar surface area (TPSA) is 40.5 Å². The molecule has 2 rings (SSSR count). The summed E-state index contributed by atoms with van der Waals surface area (Å²) < 4.78 is 0. The lowest BCUT2D eigenvalue weighted by molar-refractivity contribution is -0.0892. The Bertz CT molecular complexity index is 208. The first-order valence-electron chi connectivity index (χ1n) is 4.76. The molecule has 0 aromatic carbocycles. The third-order valence-electron chi connectivity index (χ3n) is 4.12. The molecule has 2 heteroatoms. The van der Waals surface area contributed by atoms with Crippen LogP contribution in [0.4, 0.5) is 0 Å². The molecule has 2 nitrogen and oxygen atoms in total. The van der Waals surface area contributed by atoms with Gasteiger partial charge in [0.15, 0.2) is 0 Å². The van der Waals surface area contributed by atoms with Crippen molar-refractivity contribution in [2.75, 3.05) is 0 Å². The molecule has 2 fully saturated rings. The van der Waals surface area contributed by atoms with Gasteiger partial charge in [-0.2, -0.15) is 0 Å². The number of fused-ring (bicyclic) bond motifs is 1. The van der Waals surface area contributed by atoms with Crippen molar-refractivity contribution in [3.05, 3.63) is 0 Å². The minimum absolute atomic E-state index is 0.363. The number of aliphatic hydroxyl groups is 2. The van der Waals surface area contributed by atoms with Crippen LogP contribution in [0.5, 0.6) is 0 Å². The van der Waals surface area contributed by atoms with Crippen molar-refractivity contribution in [1.29, 1.82) is 0 Å². The zero-order valence-electron chi connectivity index (χ0n) is 8.04. The van der Waals surface area contributed by atoms with Gasteiger partial charge in [-0.15, -0.1) is 0 Å².